The minimum absolute atomic E-state index is 0.334. The van der Waals surface area contributed by atoms with Gasteiger partial charge in [-0.2, -0.15) is 15.0 Å². The van der Waals surface area contributed by atoms with Crippen molar-refractivity contribution in [1.82, 2.24) is 24.8 Å². The average molecular weight is 490 g/mol. The van der Waals surface area contributed by atoms with Crippen molar-refractivity contribution in [2.75, 3.05) is 80.0 Å². The summed E-state index contributed by atoms with van der Waals surface area (Å²) >= 11 is 0. The Labute approximate surface area is 210 Å². The van der Waals surface area contributed by atoms with Crippen molar-refractivity contribution >= 4 is 29.3 Å². The lowest BCUT2D eigenvalue weighted by molar-refractivity contribution is 0.122. The number of likely N-dealkylation sites (N-methyl/N-ethyl adjacent to an activating group) is 1. The molecule has 11 heteroatoms. The number of amides is 2. The highest BCUT2D eigenvalue weighted by atomic mass is 16.5. The smallest absolute Gasteiger partial charge is 0.323 e. The molecule has 2 saturated heterocycles. The molecule has 0 bridgehead atoms. The molecule has 2 aliphatic rings. The fourth-order valence-corrected chi connectivity index (χ4v) is 4.21. The maximum absolute atomic E-state index is 12.3. The van der Waals surface area contributed by atoms with Gasteiger partial charge < -0.3 is 30.1 Å². The standard InChI is InChI=1S/C25H31N9O2/c1-32-10-3-11-33(13-12-32)23-29-22(30-24(31-23)34-14-16-36-17-15-34)19-5-7-20(8-6-19)27-25(35)28-21-4-2-9-26-18-21/h2,4-9,18H,3,10-17H2,1H3,(H2,27,28,35). The molecule has 2 aromatic heterocycles. The number of nitrogens with zero attached hydrogens (tertiary/aromatic N) is 7. The first-order chi connectivity index (χ1) is 17.6. The lowest BCUT2D eigenvalue weighted by Crippen LogP contribution is -2.38. The fraction of sp³-hybridized carbons (Fsp3) is 0.400. The Morgan fingerprint density at radius 3 is 2.28 bits per heavy atom. The molecule has 11 nitrogen and oxygen atoms in total. The molecule has 0 atom stereocenters. The van der Waals surface area contributed by atoms with Crippen molar-refractivity contribution < 1.29 is 9.53 Å². The Kier molecular flexibility index (Phi) is 7.48. The molecule has 2 aliphatic heterocycles. The van der Waals surface area contributed by atoms with Gasteiger partial charge in [0.05, 0.1) is 25.1 Å². The minimum Gasteiger partial charge on any atom is -0.378 e. The summed E-state index contributed by atoms with van der Waals surface area (Å²) in [5.74, 6) is 1.99. The zero-order valence-electron chi connectivity index (χ0n) is 20.4. The number of rotatable bonds is 5. The molecule has 0 saturated carbocycles. The van der Waals surface area contributed by atoms with Crippen LogP contribution in [0.2, 0.25) is 0 Å². The Hall–Kier alpha value is -3.83. The van der Waals surface area contributed by atoms with E-state index >= 15 is 0 Å². The van der Waals surface area contributed by atoms with E-state index in [1.807, 2.05) is 24.3 Å². The highest BCUT2D eigenvalue weighted by Crippen LogP contribution is 2.24. The van der Waals surface area contributed by atoms with Gasteiger partial charge in [0.2, 0.25) is 11.9 Å². The monoisotopic (exact) mass is 489 g/mol. The van der Waals surface area contributed by atoms with Gasteiger partial charge in [0.15, 0.2) is 5.82 Å². The lowest BCUT2D eigenvalue weighted by Gasteiger charge is -2.28. The van der Waals surface area contributed by atoms with Gasteiger partial charge in [0.1, 0.15) is 0 Å². The Morgan fingerprint density at radius 2 is 1.56 bits per heavy atom. The van der Waals surface area contributed by atoms with Crippen LogP contribution >= 0.6 is 0 Å². The predicted molar refractivity (Wildman–Crippen MR) is 140 cm³/mol. The summed E-state index contributed by atoms with van der Waals surface area (Å²) in [7, 11) is 2.15. The van der Waals surface area contributed by atoms with Gasteiger partial charge in [-0.05, 0) is 56.4 Å². The van der Waals surface area contributed by atoms with Gasteiger partial charge in [0, 0.05) is 50.2 Å². The molecule has 2 amide bonds. The number of carbonyl (C=O) groups is 1. The van der Waals surface area contributed by atoms with Crippen molar-refractivity contribution in [3.63, 3.8) is 0 Å². The Balaban J connectivity index is 1.36. The summed E-state index contributed by atoms with van der Waals surface area (Å²) in [6.07, 6.45) is 4.31. The van der Waals surface area contributed by atoms with Crippen LogP contribution in [0.15, 0.2) is 48.8 Å². The van der Waals surface area contributed by atoms with Crippen molar-refractivity contribution in [2.45, 2.75) is 6.42 Å². The number of pyridine rings is 1. The van der Waals surface area contributed by atoms with Gasteiger partial charge in [0.25, 0.3) is 0 Å². The van der Waals surface area contributed by atoms with E-state index in [2.05, 4.69) is 37.4 Å². The molecule has 5 rings (SSSR count). The van der Waals surface area contributed by atoms with E-state index in [1.54, 1.807) is 24.5 Å². The SMILES string of the molecule is CN1CCCN(c2nc(-c3ccc(NC(=O)Nc4cccnc4)cc3)nc(N3CCOCC3)n2)CC1. The van der Waals surface area contributed by atoms with Crippen LogP contribution in [0.4, 0.5) is 28.1 Å². The highest BCUT2D eigenvalue weighted by molar-refractivity contribution is 5.99. The second-order valence-electron chi connectivity index (χ2n) is 8.90. The molecule has 0 unspecified atom stereocenters. The third-order valence-electron chi connectivity index (χ3n) is 6.23. The summed E-state index contributed by atoms with van der Waals surface area (Å²) in [6.45, 7) is 6.63. The number of hydrogen-bond acceptors (Lipinski definition) is 9. The van der Waals surface area contributed by atoms with Gasteiger partial charge >= 0.3 is 6.03 Å². The van der Waals surface area contributed by atoms with E-state index in [0.717, 1.165) is 51.3 Å². The third-order valence-corrected chi connectivity index (χ3v) is 6.23. The van der Waals surface area contributed by atoms with Crippen molar-refractivity contribution in [2.24, 2.45) is 0 Å². The number of hydrogen-bond donors (Lipinski definition) is 2. The van der Waals surface area contributed by atoms with E-state index in [4.69, 9.17) is 19.7 Å². The number of carbonyl (C=O) groups excluding carboxylic acids is 1. The van der Waals surface area contributed by atoms with Crippen LogP contribution in [0.5, 0.6) is 0 Å². The van der Waals surface area contributed by atoms with Crippen LogP contribution in [0.25, 0.3) is 11.4 Å². The third kappa shape index (κ3) is 6.04. The van der Waals surface area contributed by atoms with Gasteiger partial charge in [-0.3, -0.25) is 4.98 Å². The zero-order valence-corrected chi connectivity index (χ0v) is 20.4. The highest BCUT2D eigenvalue weighted by Gasteiger charge is 2.21. The zero-order chi connectivity index (χ0) is 24.7. The van der Waals surface area contributed by atoms with E-state index in [0.29, 0.717) is 42.3 Å². The summed E-state index contributed by atoms with van der Waals surface area (Å²) in [5.41, 5.74) is 2.15. The van der Waals surface area contributed by atoms with Crippen LogP contribution in [-0.2, 0) is 4.74 Å². The molecule has 2 N–H and O–H groups in total. The number of morpholine rings is 1. The van der Waals surface area contributed by atoms with Gasteiger partial charge in [-0.25, -0.2) is 4.79 Å². The second-order valence-corrected chi connectivity index (χ2v) is 8.90. The van der Waals surface area contributed by atoms with Crippen molar-refractivity contribution in [1.29, 1.82) is 0 Å². The molecular formula is C25H31N9O2. The maximum atomic E-state index is 12.3. The molecule has 0 aliphatic carbocycles. The maximum Gasteiger partial charge on any atom is 0.323 e. The first-order valence-corrected chi connectivity index (χ1v) is 12.2. The number of aromatic nitrogens is 4. The Bertz CT molecular complexity index is 1150. The molecule has 36 heavy (non-hydrogen) atoms. The predicted octanol–water partition coefficient (Wildman–Crippen LogP) is 2.56. The molecular weight excluding hydrogens is 458 g/mol. The van der Waals surface area contributed by atoms with E-state index in [9.17, 15) is 4.79 Å². The van der Waals surface area contributed by atoms with Gasteiger partial charge in [-0.15, -0.1) is 0 Å². The normalized spacial score (nSPS) is 16.9. The molecule has 1 aromatic carbocycles. The Morgan fingerprint density at radius 1 is 0.833 bits per heavy atom. The summed E-state index contributed by atoms with van der Waals surface area (Å²) < 4.78 is 5.52. The average Bonchev–Trinajstić information content (AvgIpc) is 3.14. The minimum atomic E-state index is -0.334. The van der Waals surface area contributed by atoms with E-state index in [1.165, 1.54) is 0 Å². The topological polar surface area (TPSA) is 112 Å². The lowest BCUT2D eigenvalue weighted by atomic mass is 10.2. The van der Waals surface area contributed by atoms with Crippen LogP contribution in [-0.4, -0.2) is 90.4 Å². The van der Waals surface area contributed by atoms with Crippen LogP contribution < -0.4 is 20.4 Å². The second kappa shape index (κ2) is 11.3. The first kappa shape index (κ1) is 23.9. The van der Waals surface area contributed by atoms with Gasteiger partial charge in [-0.1, -0.05) is 0 Å². The quantitative estimate of drug-likeness (QED) is 0.558. The molecule has 3 aromatic rings. The summed E-state index contributed by atoms with van der Waals surface area (Å²) in [4.78, 5) is 37.6. The molecule has 2 fully saturated rings. The van der Waals surface area contributed by atoms with Crippen molar-refractivity contribution in [3.05, 3.63) is 48.8 Å². The molecule has 4 heterocycles. The number of anilines is 4. The first-order valence-electron chi connectivity index (χ1n) is 12.2. The van der Waals surface area contributed by atoms with Crippen molar-refractivity contribution in [3.8, 4) is 11.4 Å². The number of ether oxygens (including phenoxy) is 1. The van der Waals surface area contributed by atoms with Crippen LogP contribution in [0.1, 0.15) is 6.42 Å². The number of nitrogens with one attached hydrogen (secondary N) is 2. The summed E-state index contributed by atoms with van der Waals surface area (Å²) in [6, 6.07) is 10.7. The number of benzene rings is 1. The van der Waals surface area contributed by atoms with Crippen LogP contribution in [0, 0.1) is 0 Å². The fourth-order valence-electron chi connectivity index (χ4n) is 4.21. The van der Waals surface area contributed by atoms with Crippen LogP contribution in [0.3, 0.4) is 0 Å². The van der Waals surface area contributed by atoms with E-state index < -0.39 is 0 Å². The molecule has 0 spiro atoms. The van der Waals surface area contributed by atoms with E-state index in [-0.39, 0.29) is 6.03 Å². The number of urea groups is 1. The molecule has 0 radical (unpaired) electrons. The largest absolute Gasteiger partial charge is 0.378 e. The molecule has 188 valence electrons. The summed E-state index contributed by atoms with van der Waals surface area (Å²) in [5, 5.41) is 5.60.